The second kappa shape index (κ2) is 8.61. The van der Waals surface area contributed by atoms with Gasteiger partial charge in [0, 0.05) is 0 Å². The first-order chi connectivity index (χ1) is 10.6. The van der Waals surface area contributed by atoms with Gasteiger partial charge in [0.15, 0.2) is 0 Å². The van der Waals surface area contributed by atoms with Gasteiger partial charge in [-0.1, -0.05) is 113 Å². The van der Waals surface area contributed by atoms with Crippen molar-refractivity contribution in [2.45, 2.75) is 82.5 Å². The van der Waals surface area contributed by atoms with E-state index in [0.29, 0.717) is 8.52 Å². The highest BCUT2D eigenvalue weighted by Gasteiger charge is 2.46. The normalized spacial score (nSPS) is 15.9. The summed E-state index contributed by atoms with van der Waals surface area (Å²) < 4.78 is 5.11. The van der Waals surface area contributed by atoms with Crippen molar-refractivity contribution in [1.29, 1.82) is 0 Å². The number of halogens is 3. The number of rotatable bonds is 7. The number of nitrogens with zero attached hydrogens (tertiary/aromatic N) is 4. The van der Waals surface area contributed by atoms with Crippen LogP contribution < -0.4 is 0 Å². The molecule has 0 saturated heterocycles. The first kappa shape index (κ1) is 26.7. The summed E-state index contributed by atoms with van der Waals surface area (Å²) >= 11 is 19.2. The fourth-order valence-electron chi connectivity index (χ4n) is 3.13. The smallest absolute Gasteiger partial charge is 0.268 e. The molecule has 0 aromatic heterocycles. The van der Waals surface area contributed by atoms with Crippen LogP contribution in [0.15, 0.2) is 4.85 Å². The van der Waals surface area contributed by atoms with Crippen LogP contribution in [0.5, 0.6) is 0 Å². The Morgan fingerprint density at radius 1 is 0.640 bits per heavy atom. The summed E-state index contributed by atoms with van der Waals surface area (Å²) in [4.78, 5) is 4.99. The molecule has 0 radical (unpaired) electrons. The molecular formula is C13H36Cl3N4PSi4. The summed E-state index contributed by atoms with van der Waals surface area (Å²) in [6, 6.07) is 0. The molecule has 0 fully saturated rings. The second-order valence-electron chi connectivity index (χ2n) is 10.2. The van der Waals surface area contributed by atoms with Gasteiger partial charge in [-0.3, -0.25) is 4.34 Å². The molecular weight excluding hydrogens is 462 g/mol. The van der Waals surface area contributed by atoms with Crippen LogP contribution in [-0.4, -0.2) is 50.3 Å². The minimum absolute atomic E-state index is 0.694. The fourth-order valence-corrected chi connectivity index (χ4v) is 26.2. The van der Waals surface area contributed by atoms with Crippen LogP contribution >= 0.6 is 43.3 Å². The molecule has 0 amide bonds. The minimum Gasteiger partial charge on any atom is -0.272 e. The molecule has 0 atom stereocenters. The van der Waals surface area contributed by atoms with Crippen molar-refractivity contribution in [2.75, 3.05) is 0 Å². The van der Waals surface area contributed by atoms with E-state index in [4.69, 9.17) is 39.7 Å². The van der Waals surface area contributed by atoms with Crippen molar-refractivity contribution in [1.82, 2.24) is 13.5 Å². The molecule has 0 heterocycles. The fraction of sp³-hybridized carbons (Fsp3) is 1.00. The van der Waals surface area contributed by atoms with Crippen LogP contribution in [0.4, 0.5) is 0 Å². The van der Waals surface area contributed by atoms with Crippen LogP contribution in [0.3, 0.4) is 0 Å². The third-order valence-corrected chi connectivity index (χ3v) is 19.3. The van der Waals surface area contributed by atoms with E-state index >= 15 is 0 Å². The highest BCUT2D eigenvalue weighted by molar-refractivity contribution is 7.25. The summed E-state index contributed by atoms with van der Waals surface area (Å²) in [5.41, 5.74) is 0. The third-order valence-electron chi connectivity index (χ3n) is 3.17. The monoisotopic (exact) mass is 496 g/mol. The van der Waals surface area contributed by atoms with Crippen molar-refractivity contribution in [2.24, 2.45) is 4.85 Å². The van der Waals surface area contributed by atoms with Crippen LogP contribution in [0.1, 0.15) is 0 Å². The Bertz CT molecular complexity index is 448. The van der Waals surface area contributed by atoms with E-state index in [1.54, 1.807) is 0 Å². The molecule has 0 spiro atoms. The van der Waals surface area contributed by atoms with Crippen molar-refractivity contribution in [3.05, 3.63) is 0 Å². The molecule has 0 unspecified atom stereocenters. The zero-order valence-corrected chi connectivity index (χ0v) is 25.0. The molecule has 0 aliphatic rings. The average Bonchev–Trinajstić information content (AvgIpc) is 2.17. The van der Waals surface area contributed by atoms with Crippen LogP contribution in [-0.2, 0) is 0 Å². The maximum atomic E-state index is 6.41. The van der Waals surface area contributed by atoms with E-state index in [9.17, 15) is 0 Å². The van der Waals surface area contributed by atoms with Gasteiger partial charge in [-0.25, -0.2) is 4.34 Å². The lowest BCUT2D eigenvalue weighted by molar-refractivity contribution is 0.262. The summed E-state index contributed by atoms with van der Waals surface area (Å²) in [6.45, 7) is 27.7. The Kier molecular flexibility index (Phi) is 9.20. The van der Waals surface area contributed by atoms with E-state index < -0.39 is 36.9 Å². The van der Waals surface area contributed by atoms with Crippen molar-refractivity contribution in [3.8, 4) is 0 Å². The molecule has 0 saturated carbocycles. The molecule has 0 aliphatic heterocycles. The average molecular weight is 498 g/mol. The van der Waals surface area contributed by atoms with E-state index in [2.05, 4.69) is 87.2 Å². The first-order valence-electron chi connectivity index (χ1n) is 8.48. The maximum Gasteiger partial charge on any atom is 0.268 e. The highest BCUT2D eigenvalue weighted by Crippen LogP contribution is 2.42. The third kappa shape index (κ3) is 8.73. The van der Waals surface area contributed by atoms with Crippen LogP contribution in [0.2, 0.25) is 78.6 Å². The molecule has 0 aromatic carbocycles. The minimum atomic E-state index is -1.75. The highest BCUT2D eigenvalue weighted by atomic mass is 35.6. The second-order valence-corrected chi connectivity index (χ2v) is 33.2. The van der Waals surface area contributed by atoms with Gasteiger partial charge < -0.3 is 0 Å². The zero-order valence-electron chi connectivity index (χ0n) is 17.9. The Morgan fingerprint density at radius 3 is 1.16 bits per heavy atom. The lowest BCUT2D eigenvalue weighted by Gasteiger charge is -2.50. The van der Waals surface area contributed by atoms with E-state index in [1.165, 1.54) is 0 Å². The van der Waals surface area contributed by atoms with E-state index in [1.807, 2.05) is 4.78 Å². The van der Waals surface area contributed by atoms with E-state index in [-0.39, 0.29) is 0 Å². The SMILES string of the molecule is C[Si](C)(C)N(N=PN(N([Si](C)(C)C)[Si](C)(C)C)C(Cl)(Cl)Cl)[Si](C)(C)C. The molecule has 0 rings (SSSR count). The van der Waals surface area contributed by atoms with E-state index in [0.717, 1.165) is 0 Å². The quantitative estimate of drug-likeness (QED) is 0.120. The van der Waals surface area contributed by atoms with Crippen molar-refractivity contribution >= 4 is 76.3 Å². The van der Waals surface area contributed by atoms with Gasteiger partial charge in [0.1, 0.15) is 41.5 Å². The molecule has 12 heteroatoms. The number of alkyl halides is 3. The lowest BCUT2D eigenvalue weighted by atomic mass is 11.4. The van der Waals surface area contributed by atoms with Gasteiger partial charge in [0.25, 0.3) is 3.92 Å². The predicted molar refractivity (Wildman–Crippen MR) is 129 cm³/mol. The summed E-state index contributed by atoms with van der Waals surface area (Å²) in [5, 5.41) is 0. The zero-order chi connectivity index (χ0) is 20.6. The van der Waals surface area contributed by atoms with Gasteiger partial charge in [-0.2, -0.15) is 4.85 Å². The summed E-state index contributed by atoms with van der Waals surface area (Å²) in [6.07, 6.45) is 0. The topological polar surface area (TPSA) is 22.1 Å². The molecule has 0 aromatic rings. The van der Waals surface area contributed by atoms with Gasteiger partial charge >= 0.3 is 0 Å². The Labute approximate surface area is 176 Å². The largest absolute Gasteiger partial charge is 0.272 e. The van der Waals surface area contributed by atoms with Crippen LogP contribution in [0.25, 0.3) is 0 Å². The van der Waals surface area contributed by atoms with Crippen molar-refractivity contribution in [3.63, 3.8) is 0 Å². The number of hydrogen-bond acceptors (Lipinski definition) is 2. The number of hydrazine groups is 1. The standard InChI is InChI=1S/C13H36Cl3N4PSi4/c1-22(2,3)19(23(4,5)6)17-21-18(13(14,15)16)20(24(7,8)9)25(10,11)12/h1-12H3. The van der Waals surface area contributed by atoms with Gasteiger partial charge in [-0.05, 0) is 0 Å². The summed E-state index contributed by atoms with van der Waals surface area (Å²) in [5.74, 6) is 0. The lowest BCUT2D eigenvalue weighted by Crippen LogP contribution is -2.66. The Morgan fingerprint density at radius 2 is 0.960 bits per heavy atom. The van der Waals surface area contributed by atoms with Gasteiger partial charge in [-0.15, -0.1) is 4.78 Å². The molecule has 0 aliphatic carbocycles. The van der Waals surface area contributed by atoms with Gasteiger partial charge in [0.2, 0.25) is 0 Å². The van der Waals surface area contributed by atoms with Gasteiger partial charge in [0.05, 0.1) is 0 Å². The Balaban J connectivity index is 6.17. The maximum absolute atomic E-state index is 6.41. The molecule has 0 bridgehead atoms. The predicted octanol–water partition coefficient (Wildman–Crippen LogP) is 7.43. The van der Waals surface area contributed by atoms with Crippen LogP contribution in [0, 0.1) is 0 Å². The van der Waals surface area contributed by atoms with Crippen molar-refractivity contribution < 1.29 is 0 Å². The molecule has 4 nitrogen and oxygen atoms in total. The Hall–Kier alpha value is 1.72. The molecule has 25 heavy (non-hydrogen) atoms. The summed E-state index contributed by atoms with van der Waals surface area (Å²) in [7, 11) is -6.02. The first-order valence-corrected chi connectivity index (χ1v) is 24.2. The molecule has 150 valence electrons. The number of hydrogen-bond donors (Lipinski definition) is 0. The molecule has 0 N–H and O–H groups in total.